The molecule has 1 unspecified atom stereocenters. The Hall–Kier alpha value is -0.940. The topological polar surface area (TPSA) is 40.5 Å². The van der Waals surface area contributed by atoms with Gasteiger partial charge in [-0.15, -0.1) is 0 Å². The number of rotatable bonds is 7. The molecule has 0 heterocycles. The first kappa shape index (κ1) is 17.1. The van der Waals surface area contributed by atoms with Crippen molar-refractivity contribution in [2.75, 3.05) is 24.0 Å². The zero-order valence-electron chi connectivity index (χ0n) is 12.0. The van der Waals surface area contributed by atoms with Gasteiger partial charge in [0.05, 0.1) is 0 Å². The van der Waals surface area contributed by atoms with E-state index in [1.54, 1.807) is 6.08 Å². The van der Waals surface area contributed by atoms with Crippen molar-refractivity contribution in [1.29, 1.82) is 0 Å². The molecule has 0 fully saturated rings. The lowest BCUT2D eigenvalue weighted by Gasteiger charge is -2.28. The quantitative estimate of drug-likeness (QED) is 0.745. The molecule has 1 aromatic carbocycles. The van der Waals surface area contributed by atoms with Gasteiger partial charge in [0, 0.05) is 29.3 Å². The summed E-state index contributed by atoms with van der Waals surface area (Å²) >= 11 is 5.31. The molecule has 0 aliphatic heterocycles. The first-order valence-corrected chi connectivity index (χ1v) is 8.56. The number of nitrogens with zero attached hydrogens (tertiary/aromatic N) is 1. The number of anilines is 1. The molecule has 0 radical (unpaired) electrons. The molecular weight excluding hydrogens is 338 g/mol. The average Bonchev–Trinajstić information content (AvgIpc) is 2.42. The van der Waals surface area contributed by atoms with Crippen molar-refractivity contribution >= 4 is 45.4 Å². The van der Waals surface area contributed by atoms with Crippen molar-refractivity contribution in [2.24, 2.45) is 0 Å². The molecule has 1 aromatic rings. The van der Waals surface area contributed by atoms with Gasteiger partial charge in [-0.05, 0) is 49.1 Å². The van der Waals surface area contributed by atoms with Crippen LogP contribution in [0, 0.1) is 0 Å². The normalized spacial score (nSPS) is 12.6. The molecule has 3 nitrogen and oxygen atoms in total. The number of benzene rings is 1. The fourth-order valence-corrected chi connectivity index (χ4v) is 2.77. The molecule has 110 valence electrons. The van der Waals surface area contributed by atoms with Gasteiger partial charge in [0.25, 0.3) is 0 Å². The molecular formula is C15H20BrNO2S. The highest BCUT2D eigenvalue weighted by Gasteiger charge is 2.13. The fourth-order valence-electron chi connectivity index (χ4n) is 1.84. The highest BCUT2D eigenvalue weighted by molar-refractivity contribution is 9.10. The van der Waals surface area contributed by atoms with E-state index >= 15 is 0 Å². The Bertz CT molecular complexity index is 491. The molecule has 0 bridgehead atoms. The summed E-state index contributed by atoms with van der Waals surface area (Å²) in [4.78, 5) is 12.9. The Labute approximate surface area is 133 Å². The lowest BCUT2D eigenvalue weighted by Crippen LogP contribution is -2.29. The number of thioether (sulfide) groups is 1. The predicted octanol–water partition coefficient (Wildman–Crippen LogP) is 4.12. The number of carboxylic acid groups (broad SMARTS) is 1. The van der Waals surface area contributed by atoms with Crippen molar-refractivity contribution in [2.45, 2.75) is 19.4 Å². The van der Waals surface area contributed by atoms with Gasteiger partial charge in [0.1, 0.15) is 0 Å². The van der Waals surface area contributed by atoms with E-state index in [1.165, 1.54) is 6.08 Å². The highest BCUT2D eigenvalue weighted by atomic mass is 79.9. The second kappa shape index (κ2) is 8.37. The van der Waals surface area contributed by atoms with E-state index in [4.69, 9.17) is 5.11 Å². The van der Waals surface area contributed by atoms with Crippen LogP contribution in [0.5, 0.6) is 0 Å². The van der Waals surface area contributed by atoms with E-state index in [9.17, 15) is 4.79 Å². The zero-order chi connectivity index (χ0) is 15.1. The first-order chi connectivity index (χ1) is 9.45. The van der Waals surface area contributed by atoms with Gasteiger partial charge in [-0.2, -0.15) is 11.8 Å². The van der Waals surface area contributed by atoms with Gasteiger partial charge >= 0.3 is 5.97 Å². The third-order valence-corrected chi connectivity index (χ3v) is 4.32. The van der Waals surface area contributed by atoms with Gasteiger partial charge in [-0.1, -0.05) is 22.0 Å². The van der Waals surface area contributed by atoms with Crippen LogP contribution >= 0.6 is 27.7 Å². The van der Waals surface area contributed by atoms with Gasteiger partial charge < -0.3 is 10.0 Å². The Kier molecular flexibility index (Phi) is 7.16. The standard InChI is InChI=1S/C15H20BrNO2S/c1-11(8-9-20-3)17(2)14-10-13(16)6-4-12(14)5-7-15(18)19/h4-7,10-11H,8-9H2,1-3H3,(H,18,19)/b7-5+. The van der Waals surface area contributed by atoms with Crippen LogP contribution in [0.25, 0.3) is 6.08 Å². The van der Waals surface area contributed by atoms with Crippen LogP contribution in [0.4, 0.5) is 5.69 Å². The number of hydrogen-bond acceptors (Lipinski definition) is 3. The van der Waals surface area contributed by atoms with E-state index < -0.39 is 5.97 Å². The van der Waals surface area contributed by atoms with Crippen molar-refractivity contribution < 1.29 is 9.90 Å². The third kappa shape index (κ3) is 5.21. The first-order valence-electron chi connectivity index (χ1n) is 6.38. The molecule has 0 aliphatic carbocycles. The minimum Gasteiger partial charge on any atom is -0.478 e. The van der Waals surface area contributed by atoms with E-state index in [2.05, 4.69) is 34.0 Å². The summed E-state index contributed by atoms with van der Waals surface area (Å²) in [7, 11) is 2.05. The summed E-state index contributed by atoms with van der Waals surface area (Å²) in [6.45, 7) is 2.18. The van der Waals surface area contributed by atoms with Gasteiger partial charge in [0.15, 0.2) is 0 Å². The molecule has 5 heteroatoms. The molecule has 0 aliphatic rings. The molecule has 0 amide bonds. The summed E-state index contributed by atoms with van der Waals surface area (Å²) in [6.07, 6.45) is 6.01. The third-order valence-electron chi connectivity index (χ3n) is 3.18. The second-order valence-electron chi connectivity index (χ2n) is 4.62. The molecule has 1 rings (SSSR count). The number of carboxylic acids is 1. The number of hydrogen-bond donors (Lipinski definition) is 1. The zero-order valence-corrected chi connectivity index (χ0v) is 14.4. The lowest BCUT2D eigenvalue weighted by molar-refractivity contribution is -0.131. The Morgan fingerprint density at radius 1 is 1.55 bits per heavy atom. The van der Waals surface area contributed by atoms with Crippen molar-refractivity contribution in [3.63, 3.8) is 0 Å². The fraction of sp³-hybridized carbons (Fsp3) is 0.400. The summed E-state index contributed by atoms with van der Waals surface area (Å²) in [5, 5.41) is 8.77. The molecule has 0 spiro atoms. The van der Waals surface area contributed by atoms with Crippen molar-refractivity contribution in [3.05, 3.63) is 34.3 Å². The van der Waals surface area contributed by atoms with Gasteiger partial charge in [-0.3, -0.25) is 0 Å². The molecule has 1 N–H and O–H groups in total. The maximum absolute atomic E-state index is 10.7. The average molecular weight is 358 g/mol. The summed E-state index contributed by atoms with van der Waals surface area (Å²) in [5.74, 6) is 0.178. The van der Waals surface area contributed by atoms with Gasteiger partial charge in [0.2, 0.25) is 0 Å². The second-order valence-corrected chi connectivity index (χ2v) is 6.52. The van der Waals surface area contributed by atoms with Crippen molar-refractivity contribution in [3.8, 4) is 0 Å². The maximum Gasteiger partial charge on any atom is 0.328 e. The molecule has 0 saturated heterocycles. The minimum absolute atomic E-state index is 0.397. The smallest absolute Gasteiger partial charge is 0.328 e. The summed E-state index contributed by atoms with van der Waals surface area (Å²) < 4.78 is 0.990. The molecule has 20 heavy (non-hydrogen) atoms. The molecule has 1 atom stereocenters. The predicted molar refractivity (Wildman–Crippen MR) is 91.7 cm³/mol. The van der Waals surface area contributed by atoms with E-state index in [0.29, 0.717) is 6.04 Å². The Morgan fingerprint density at radius 3 is 2.85 bits per heavy atom. The molecule has 0 saturated carbocycles. The summed E-state index contributed by atoms with van der Waals surface area (Å²) in [5.41, 5.74) is 1.94. The number of halogens is 1. The van der Waals surface area contributed by atoms with Crippen molar-refractivity contribution in [1.82, 2.24) is 0 Å². The molecule has 0 aromatic heterocycles. The van der Waals surface area contributed by atoms with E-state index in [-0.39, 0.29) is 0 Å². The number of carbonyl (C=O) groups is 1. The van der Waals surface area contributed by atoms with Crippen LogP contribution < -0.4 is 4.90 Å². The SMILES string of the molecule is CSCCC(C)N(C)c1cc(Br)ccc1/C=C/C(=O)O. The monoisotopic (exact) mass is 357 g/mol. The van der Waals surface area contributed by atoms with Crippen LogP contribution in [0.2, 0.25) is 0 Å². The van der Waals surface area contributed by atoms with E-state index in [0.717, 1.165) is 27.9 Å². The minimum atomic E-state index is -0.933. The van der Waals surface area contributed by atoms with Crippen LogP contribution in [0.3, 0.4) is 0 Å². The largest absolute Gasteiger partial charge is 0.478 e. The maximum atomic E-state index is 10.7. The van der Waals surface area contributed by atoms with Crippen LogP contribution in [-0.4, -0.2) is 36.2 Å². The van der Waals surface area contributed by atoms with Crippen LogP contribution in [-0.2, 0) is 4.79 Å². The van der Waals surface area contributed by atoms with Crippen LogP contribution in [0.15, 0.2) is 28.7 Å². The lowest BCUT2D eigenvalue weighted by atomic mass is 10.1. The van der Waals surface area contributed by atoms with E-state index in [1.807, 2.05) is 37.0 Å². The van der Waals surface area contributed by atoms with Gasteiger partial charge in [-0.25, -0.2) is 4.79 Å². The summed E-state index contributed by atoms with van der Waals surface area (Å²) in [6, 6.07) is 6.27. The van der Waals surface area contributed by atoms with Crippen LogP contribution in [0.1, 0.15) is 18.9 Å². The number of aliphatic carboxylic acids is 1. The highest BCUT2D eigenvalue weighted by Crippen LogP contribution is 2.27. The Morgan fingerprint density at radius 2 is 2.25 bits per heavy atom. The Balaban J connectivity index is 3.01.